The van der Waals surface area contributed by atoms with Gasteiger partial charge in [0.05, 0.1) is 12.5 Å². The lowest BCUT2D eigenvalue weighted by Gasteiger charge is -2.20. The minimum atomic E-state index is -0.583. The van der Waals surface area contributed by atoms with Crippen LogP contribution in [-0.4, -0.2) is 29.5 Å². The van der Waals surface area contributed by atoms with Gasteiger partial charge in [0.1, 0.15) is 19.0 Å². The maximum Gasteiger partial charge on any atom is 0.416 e. The van der Waals surface area contributed by atoms with E-state index < -0.39 is 6.09 Å². The van der Waals surface area contributed by atoms with Gasteiger partial charge in [-0.25, -0.2) is 9.69 Å². The van der Waals surface area contributed by atoms with Crippen LogP contribution < -0.4 is 4.74 Å². The molecule has 4 aromatic carbocycles. The summed E-state index contributed by atoms with van der Waals surface area (Å²) in [6.07, 6.45) is 0.0528. The highest BCUT2D eigenvalue weighted by Gasteiger charge is 2.37. The molecule has 1 atom stereocenters. The van der Waals surface area contributed by atoms with Gasteiger partial charge in [-0.1, -0.05) is 97.1 Å². The summed E-state index contributed by atoms with van der Waals surface area (Å²) in [6, 6.07) is 35.3. The highest BCUT2D eigenvalue weighted by atomic mass is 16.6. The molecule has 0 N–H and O–H groups in total. The number of rotatable bonds is 8. The maximum absolute atomic E-state index is 13.3. The highest BCUT2D eigenvalue weighted by molar-refractivity contribution is 5.94. The van der Waals surface area contributed by atoms with Gasteiger partial charge in [-0.15, -0.1) is 0 Å². The number of benzene rings is 4. The highest BCUT2D eigenvalue weighted by Crippen LogP contribution is 2.28. The fourth-order valence-electron chi connectivity index (χ4n) is 4.45. The topological polar surface area (TPSA) is 55.8 Å². The van der Waals surface area contributed by atoms with Crippen LogP contribution in [0, 0.1) is 0 Å². The van der Waals surface area contributed by atoms with Crippen LogP contribution in [0.2, 0.25) is 0 Å². The molecule has 5 rings (SSSR count). The van der Waals surface area contributed by atoms with E-state index in [1.807, 2.05) is 109 Å². The van der Waals surface area contributed by atoms with Crippen molar-refractivity contribution in [3.05, 3.63) is 126 Å². The molecule has 1 saturated heterocycles. The number of hydrogen-bond acceptors (Lipinski definition) is 4. The van der Waals surface area contributed by atoms with Crippen molar-refractivity contribution < 1.29 is 19.1 Å². The first-order valence-corrected chi connectivity index (χ1v) is 12.0. The Bertz CT molecular complexity index is 1320. The van der Waals surface area contributed by atoms with Crippen molar-refractivity contribution in [1.82, 2.24) is 4.90 Å². The van der Waals surface area contributed by atoms with Crippen LogP contribution in [0.1, 0.15) is 16.7 Å². The second-order valence-electron chi connectivity index (χ2n) is 8.87. The van der Waals surface area contributed by atoms with E-state index in [1.54, 1.807) is 0 Å². The van der Waals surface area contributed by atoms with Gasteiger partial charge in [0.2, 0.25) is 5.91 Å². The summed E-state index contributed by atoms with van der Waals surface area (Å²) < 4.78 is 11.4. The van der Waals surface area contributed by atoms with E-state index >= 15 is 0 Å². The van der Waals surface area contributed by atoms with Crippen LogP contribution in [0.5, 0.6) is 5.75 Å². The molecule has 5 heteroatoms. The molecule has 4 aromatic rings. The van der Waals surface area contributed by atoms with Crippen LogP contribution in [0.4, 0.5) is 4.79 Å². The number of hydrogen-bond donors (Lipinski definition) is 0. The van der Waals surface area contributed by atoms with Crippen molar-refractivity contribution in [3.8, 4) is 16.9 Å². The molecule has 0 saturated carbocycles. The number of ether oxygens (including phenoxy) is 2. The van der Waals surface area contributed by atoms with Crippen molar-refractivity contribution in [3.63, 3.8) is 0 Å². The summed E-state index contributed by atoms with van der Waals surface area (Å²) in [7, 11) is 0. The predicted molar refractivity (Wildman–Crippen MR) is 138 cm³/mol. The van der Waals surface area contributed by atoms with Gasteiger partial charge in [-0.2, -0.15) is 0 Å². The Morgan fingerprint density at radius 3 is 2.11 bits per heavy atom. The first kappa shape index (κ1) is 23.4. The zero-order valence-electron chi connectivity index (χ0n) is 19.9. The average Bonchev–Trinajstić information content (AvgIpc) is 3.28. The maximum atomic E-state index is 13.3. The molecule has 0 aliphatic carbocycles. The summed E-state index contributed by atoms with van der Waals surface area (Å²) in [4.78, 5) is 27.1. The number of carbonyl (C=O) groups excluding carboxylic acids is 2. The lowest BCUT2D eigenvalue weighted by Crippen LogP contribution is -2.41. The molecule has 1 fully saturated rings. The fraction of sp³-hybridized carbons (Fsp3) is 0.161. The number of carbonyl (C=O) groups is 2. The first-order valence-electron chi connectivity index (χ1n) is 12.0. The normalized spacial score (nSPS) is 14.9. The first-order chi connectivity index (χ1) is 17.7. The zero-order valence-corrected chi connectivity index (χ0v) is 19.9. The minimum absolute atomic E-state index is 0.0722. The SMILES string of the molecule is O=C(Cc1cc(OCc2ccccc2)cc(-c2ccccc2)c1)N1C(=O)OC[C@H]1Cc1ccccc1. The van der Waals surface area contributed by atoms with E-state index in [4.69, 9.17) is 9.47 Å². The van der Waals surface area contributed by atoms with E-state index in [0.717, 1.165) is 27.8 Å². The smallest absolute Gasteiger partial charge is 0.416 e. The Hall–Kier alpha value is -4.38. The number of nitrogens with zero attached hydrogens (tertiary/aromatic N) is 1. The molecular weight excluding hydrogens is 450 g/mol. The Kier molecular flexibility index (Phi) is 7.08. The summed E-state index contributed by atoms with van der Waals surface area (Å²) in [5.41, 5.74) is 4.88. The van der Waals surface area contributed by atoms with E-state index in [9.17, 15) is 9.59 Å². The lowest BCUT2D eigenvalue weighted by molar-refractivity contribution is -0.128. The van der Waals surface area contributed by atoms with E-state index in [0.29, 0.717) is 18.8 Å². The molecule has 0 bridgehead atoms. The molecule has 0 spiro atoms. The molecule has 180 valence electrons. The van der Waals surface area contributed by atoms with Crippen molar-refractivity contribution in [2.24, 2.45) is 0 Å². The third kappa shape index (κ3) is 5.63. The van der Waals surface area contributed by atoms with Gasteiger partial charge in [0, 0.05) is 0 Å². The molecule has 1 aliphatic heterocycles. The molecular formula is C31H27NO4. The molecule has 36 heavy (non-hydrogen) atoms. The van der Waals surface area contributed by atoms with Gasteiger partial charge in [-0.05, 0) is 46.4 Å². The van der Waals surface area contributed by atoms with Crippen LogP contribution in [0.15, 0.2) is 109 Å². The largest absolute Gasteiger partial charge is 0.489 e. The van der Waals surface area contributed by atoms with Crippen molar-refractivity contribution in [2.45, 2.75) is 25.5 Å². The average molecular weight is 478 g/mol. The van der Waals surface area contributed by atoms with Gasteiger partial charge >= 0.3 is 6.09 Å². The molecule has 5 nitrogen and oxygen atoms in total. The summed E-state index contributed by atoms with van der Waals surface area (Å²) in [5.74, 6) is 0.394. The third-order valence-corrected chi connectivity index (χ3v) is 6.22. The summed E-state index contributed by atoms with van der Waals surface area (Å²) in [5, 5.41) is 0. The molecule has 1 aliphatic rings. The number of imide groups is 1. The van der Waals surface area contributed by atoms with Gasteiger partial charge in [0.25, 0.3) is 0 Å². The van der Waals surface area contributed by atoms with Crippen LogP contribution >= 0.6 is 0 Å². The monoisotopic (exact) mass is 477 g/mol. The fourth-order valence-corrected chi connectivity index (χ4v) is 4.45. The molecule has 2 amide bonds. The summed E-state index contributed by atoms with van der Waals surface area (Å²) >= 11 is 0. The van der Waals surface area contributed by atoms with Crippen molar-refractivity contribution in [2.75, 3.05) is 6.61 Å². The van der Waals surface area contributed by atoms with E-state index in [-0.39, 0.29) is 25.0 Å². The van der Waals surface area contributed by atoms with Gasteiger partial charge in [0.15, 0.2) is 0 Å². The van der Waals surface area contributed by atoms with Crippen LogP contribution in [0.25, 0.3) is 11.1 Å². The molecule has 0 unspecified atom stereocenters. The molecule has 0 radical (unpaired) electrons. The Morgan fingerprint density at radius 2 is 1.42 bits per heavy atom. The number of cyclic esters (lactones) is 1. The van der Waals surface area contributed by atoms with Gasteiger partial charge < -0.3 is 9.47 Å². The zero-order chi connectivity index (χ0) is 24.7. The lowest BCUT2D eigenvalue weighted by atomic mass is 10.00. The quantitative estimate of drug-likeness (QED) is 0.309. The van der Waals surface area contributed by atoms with Crippen molar-refractivity contribution >= 4 is 12.0 Å². The second kappa shape index (κ2) is 10.9. The van der Waals surface area contributed by atoms with Crippen molar-refractivity contribution in [1.29, 1.82) is 0 Å². The Labute approximate surface area is 210 Å². The van der Waals surface area contributed by atoms with E-state index in [2.05, 4.69) is 0 Å². The molecule has 0 aromatic heterocycles. The Balaban J connectivity index is 1.38. The standard InChI is InChI=1S/C31H27NO4/c33-30(32-28(22-36-31(32)34)17-23-10-4-1-5-11-23)19-25-16-27(26-14-8-3-9-15-26)20-29(18-25)35-21-24-12-6-2-7-13-24/h1-16,18,20,28H,17,19,21-22H2/t28-/m1/s1. The van der Waals surface area contributed by atoms with Crippen LogP contribution in [-0.2, 0) is 29.0 Å². The van der Waals surface area contributed by atoms with Gasteiger partial charge in [-0.3, -0.25) is 4.79 Å². The Morgan fingerprint density at radius 1 is 0.778 bits per heavy atom. The third-order valence-electron chi connectivity index (χ3n) is 6.22. The van der Waals surface area contributed by atoms with Crippen LogP contribution in [0.3, 0.4) is 0 Å². The summed E-state index contributed by atoms with van der Waals surface area (Å²) in [6.45, 7) is 0.624. The minimum Gasteiger partial charge on any atom is -0.489 e. The molecule has 1 heterocycles. The predicted octanol–water partition coefficient (Wildman–Crippen LogP) is 6.07. The number of amides is 2. The van der Waals surface area contributed by atoms with E-state index in [1.165, 1.54) is 4.90 Å². The second-order valence-corrected chi connectivity index (χ2v) is 8.87.